The van der Waals surface area contributed by atoms with Gasteiger partial charge in [0.25, 0.3) is 11.5 Å². The number of benzene rings is 1. The number of nitrogens with zero attached hydrogens (tertiary/aromatic N) is 3. The van der Waals surface area contributed by atoms with Gasteiger partial charge in [-0.3, -0.25) is 14.4 Å². The molecule has 0 saturated carbocycles. The third-order valence-electron chi connectivity index (χ3n) is 4.76. The Bertz CT molecular complexity index is 866. The molecule has 0 atom stereocenters. The first-order valence-electron chi connectivity index (χ1n) is 8.58. The molecule has 25 heavy (non-hydrogen) atoms. The van der Waals surface area contributed by atoms with Crippen LogP contribution in [0.1, 0.15) is 36.7 Å². The Hall–Kier alpha value is -2.70. The van der Waals surface area contributed by atoms with Crippen molar-refractivity contribution < 1.29 is 9.59 Å². The predicted molar refractivity (Wildman–Crippen MR) is 94.1 cm³/mol. The maximum atomic E-state index is 13.0. The molecule has 1 aromatic heterocycles. The third kappa shape index (κ3) is 3.40. The number of hydrogen-bond acceptors (Lipinski definition) is 4. The zero-order chi connectivity index (χ0) is 18.0. The van der Waals surface area contributed by atoms with E-state index >= 15 is 0 Å². The van der Waals surface area contributed by atoms with Gasteiger partial charge in [-0.15, -0.1) is 0 Å². The summed E-state index contributed by atoms with van der Waals surface area (Å²) in [6.07, 6.45) is 1.87. The van der Waals surface area contributed by atoms with Gasteiger partial charge in [0.2, 0.25) is 5.91 Å². The number of nitrogens with two attached hydrogens (primary N) is 1. The second-order valence-electron chi connectivity index (χ2n) is 6.42. The summed E-state index contributed by atoms with van der Waals surface area (Å²) in [6.45, 7) is 3.37. The Labute approximate surface area is 145 Å². The van der Waals surface area contributed by atoms with Crippen molar-refractivity contribution in [3.63, 3.8) is 0 Å². The molecule has 0 aliphatic carbocycles. The second-order valence-corrected chi connectivity index (χ2v) is 6.42. The monoisotopic (exact) mass is 342 g/mol. The quantitative estimate of drug-likeness (QED) is 0.901. The van der Waals surface area contributed by atoms with Crippen LogP contribution in [0, 0.1) is 5.92 Å². The highest BCUT2D eigenvalue weighted by Crippen LogP contribution is 2.23. The molecule has 1 aliphatic rings. The molecule has 1 saturated heterocycles. The summed E-state index contributed by atoms with van der Waals surface area (Å²) in [4.78, 5) is 38.2. The SMILES string of the molecule is CCn1nc(C(=O)N2CCC(CC(N)=O)CC2)c2ccccc2c1=O. The minimum Gasteiger partial charge on any atom is -0.370 e. The molecule has 2 aromatic rings. The lowest BCUT2D eigenvalue weighted by molar-refractivity contribution is -0.119. The highest BCUT2D eigenvalue weighted by atomic mass is 16.2. The summed E-state index contributed by atoms with van der Waals surface area (Å²) < 4.78 is 1.33. The number of amides is 2. The number of likely N-dealkylation sites (tertiary alicyclic amines) is 1. The molecule has 3 rings (SSSR count). The van der Waals surface area contributed by atoms with Gasteiger partial charge in [-0.25, -0.2) is 4.68 Å². The van der Waals surface area contributed by atoms with E-state index in [4.69, 9.17) is 5.73 Å². The van der Waals surface area contributed by atoms with E-state index in [2.05, 4.69) is 5.10 Å². The molecule has 0 bridgehead atoms. The minimum atomic E-state index is -0.299. The summed E-state index contributed by atoms with van der Waals surface area (Å²) in [6, 6.07) is 7.07. The average molecular weight is 342 g/mol. The molecule has 1 aliphatic heterocycles. The van der Waals surface area contributed by atoms with Gasteiger partial charge in [-0.1, -0.05) is 18.2 Å². The van der Waals surface area contributed by atoms with Gasteiger partial charge in [-0.2, -0.15) is 5.10 Å². The normalized spacial score (nSPS) is 15.5. The summed E-state index contributed by atoms with van der Waals surface area (Å²) >= 11 is 0. The van der Waals surface area contributed by atoms with E-state index in [1.165, 1.54) is 4.68 Å². The number of piperidine rings is 1. The second kappa shape index (κ2) is 7.04. The first-order valence-corrected chi connectivity index (χ1v) is 8.58. The van der Waals surface area contributed by atoms with Gasteiger partial charge in [0.05, 0.1) is 5.39 Å². The number of primary amides is 1. The van der Waals surface area contributed by atoms with Crippen LogP contribution < -0.4 is 11.3 Å². The van der Waals surface area contributed by atoms with E-state index in [1.807, 2.05) is 6.92 Å². The lowest BCUT2D eigenvalue weighted by Gasteiger charge is -2.31. The smallest absolute Gasteiger partial charge is 0.274 e. The van der Waals surface area contributed by atoms with E-state index < -0.39 is 0 Å². The van der Waals surface area contributed by atoms with Crippen LogP contribution in [0.3, 0.4) is 0 Å². The standard InChI is InChI=1S/C18H22N4O3/c1-2-22-17(24)14-6-4-3-5-13(14)16(20-22)18(25)21-9-7-12(8-10-21)11-15(19)23/h3-6,12H,2,7-11H2,1H3,(H2,19,23). The molecule has 0 radical (unpaired) electrons. The molecule has 0 unspecified atom stereocenters. The minimum absolute atomic E-state index is 0.170. The Morgan fingerprint density at radius 2 is 1.84 bits per heavy atom. The van der Waals surface area contributed by atoms with Crippen molar-refractivity contribution in [3.8, 4) is 0 Å². The summed E-state index contributed by atoms with van der Waals surface area (Å²) in [5, 5.41) is 5.39. The van der Waals surface area contributed by atoms with E-state index in [0.29, 0.717) is 42.5 Å². The number of hydrogen-bond donors (Lipinski definition) is 1. The topological polar surface area (TPSA) is 98.3 Å². The van der Waals surface area contributed by atoms with Crippen LogP contribution in [0.25, 0.3) is 10.8 Å². The zero-order valence-electron chi connectivity index (χ0n) is 14.3. The van der Waals surface area contributed by atoms with Gasteiger partial charge in [0.1, 0.15) is 0 Å². The highest BCUT2D eigenvalue weighted by Gasteiger charge is 2.27. The molecule has 2 heterocycles. The van der Waals surface area contributed by atoms with Gasteiger partial charge in [-0.05, 0) is 31.7 Å². The first-order chi connectivity index (χ1) is 12.0. The Balaban J connectivity index is 1.89. The summed E-state index contributed by atoms with van der Waals surface area (Å²) in [7, 11) is 0. The molecular weight excluding hydrogens is 320 g/mol. The van der Waals surface area contributed by atoms with Crippen LogP contribution in [0.2, 0.25) is 0 Å². The maximum absolute atomic E-state index is 13.0. The average Bonchev–Trinajstić information content (AvgIpc) is 2.62. The van der Waals surface area contributed by atoms with Crippen LogP contribution in [-0.2, 0) is 11.3 Å². The number of aryl methyl sites for hydroxylation is 1. The largest absolute Gasteiger partial charge is 0.370 e. The first kappa shape index (κ1) is 17.1. The molecule has 132 valence electrons. The third-order valence-corrected chi connectivity index (χ3v) is 4.76. The van der Waals surface area contributed by atoms with Gasteiger partial charge >= 0.3 is 0 Å². The van der Waals surface area contributed by atoms with E-state index in [0.717, 1.165) is 12.8 Å². The van der Waals surface area contributed by atoms with Crippen molar-refractivity contribution in [1.29, 1.82) is 0 Å². The van der Waals surface area contributed by atoms with Crippen molar-refractivity contribution >= 4 is 22.6 Å². The highest BCUT2D eigenvalue weighted by molar-refractivity contribution is 6.04. The fourth-order valence-electron chi connectivity index (χ4n) is 3.38. The van der Waals surface area contributed by atoms with Gasteiger partial charge in [0, 0.05) is 31.4 Å². The summed E-state index contributed by atoms with van der Waals surface area (Å²) in [5.74, 6) is -0.237. The molecule has 1 aromatic carbocycles. The molecule has 1 fully saturated rings. The van der Waals surface area contributed by atoms with Crippen LogP contribution in [-0.4, -0.2) is 39.6 Å². The number of aromatic nitrogens is 2. The Morgan fingerprint density at radius 1 is 1.20 bits per heavy atom. The van der Waals surface area contributed by atoms with Crippen molar-refractivity contribution in [3.05, 3.63) is 40.3 Å². The lowest BCUT2D eigenvalue weighted by Crippen LogP contribution is -2.40. The van der Waals surface area contributed by atoms with E-state index in [-0.39, 0.29) is 23.3 Å². The number of carbonyl (C=O) groups excluding carboxylic acids is 2. The van der Waals surface area contributed by atoms with Gasteiger partial charge < -0.3 is 10.6 Å². The lowest BCUT2D eigenvalue weighted by atomic mass is 9.93. The van der Waals surface area contributed by atoms with Crippen molar-refractivity contribution in [2.45, 2.75) is 32.7 Å². The maximum Gasteiger partial charge on any atom is 0.274 e. The molecule has 2 N–H and O–H groups in total. The van der Waals surface area contributed by atoms with Gasteiger partial charge in [0.15, 0.2) is 5.69 Å². The molecule has 7 heteroatoms. The van der Waals surface area contributed by atoms with Crippen molar-refractivity contribution in [1.82, 2.24) is 14.7 Å². The number of rotatable bonds is 4. The molecule has 7 nitrogen and oxygen atoms in total. The number of carbonyl (C=O) groups is 2. The van der Waals surface area contributed by atoms with E-state index in [1.54, 1.807) is 29.2 Å². The summed E-state index contributed by atoms with van der Waals surface area (Å²) in [5.41, 5.74) is 5.38. The van der Waals surface area contributed by atoms with Crippen LogP contribution in [0.4, 0.5) is 0 Å². The van der Waals surface area contributed by atoms with E-state index in [9.17, 15) is 14.4 Å². The number of fused-ring (bicyclic) bond motifs is 1. The zero-order valence-corrected chi connectivity index (χ0v) is 14.3. The van der Waals surface area contributed by atoms with Crippen LogP contribution >= 0.6 is 0 Å². The fraction of sp³-hybridized carbons (Fsp3) is 0.444. The fourth-order valence-corrected chi connectivity index (χ4v) is 3.38. The molecule has 2 amide bonds. The predicted octanol–water partition coefficient (Wildman–Crippen LogP) is 1.14. The molecule has 0 spiro atoms. The van der Waals surface area contributed by atoms with Crippen LogP contribution in [0.15, 0.2) is 29.1 Å². The Morgan fingerprint density at radius 3 is 2.44 bits per heavy atom. The van der Waals surface area contributed by atoms with Crippen LogP contribution in [0.5, 0.6) is 0 Å². The van der Waals surface area contributed by atoms with Crippen molar-refractivity contribution in [2.75, 3.05) is 13.1 Å². The Kier molecular flexibility index (Phi) is 4.83. The van der Waals surface area contributed by atoms with Crippen molar-refractivity contribution in [2.24, 2.45) is 11.7 Å². The molecular formula is C18H22N4O3.